The van der Waals surface area contributed by atoms with Crippen molar-refractivity contribution < 1.29 is 14.4 Å². The summed E-state index contributed by atoms with van der Waals surface area (Å²) >= 11 is 0. The van der Waals surface area contributed by atoms with Crippen molar-refractivity contribution in [2.45, 2.75) is 0 Å². The molecular formula is C10H12N2O3. The van der Waals surface area contributed by atoms with Crippen LogP contribution in [0.15, 0.2) is 30.3 Å². The number of amides is 1. The van der Waals surface area contributed by atoms with E-state index in [2.05, 4.69) is 10.8 Å². The number of para-hydroxylation sites is 1. The van der Waals surface area contributed by atoms with Gasteiger partial charge in [0.05, 0.1) is 6.54 Å². The van der Waals surface area contributed by atoms with Crippen molar-refractivity contribution in [3.63, 3.8) is 0 Å². The van der Waals surface area contributed by atoms with Crippen LogP contribution in [-0.2, 0) is 14.4 Å². The van der Waals surface area contributed by atoms with E-state index in [9.17, 15) is 9.59 Å². The lowest BCUT2D eigenvalue weighted by atomic mass is 10.3. The maximum atomic E-state index is 11.2. The number of rotatable bonds is 6. The van der Waals surface area contributed by atoms with Crippen LogP contribution in [0.25, 0.3) is 0 Å². The van der Waals surface area contributed by atoms with Crippen LogP contribution in [-0.4, -0.2) is 25.3 Å². The first-order valence-corrected chi connectivity index (χ1v) is 4.46. The van der Waals surface area contributed by atoms with Gasteiger partial charge in [-0.1, -0.05) is 18.2 Å². The molecule has 0 spiro atoms. The SMILES string of the molecule is O=CCNOCC(=O)Nc1ccccc1. The fourth-order valence-corrected chi connectivity index (χ4v) is 0.928. The zero-order valence-corrected chi connectivity index (χ0v) is 8.10. The largest absolute Gasteiger partial charge is 0.324 e. The Hall–Kier alpha value is -1.72. The molecule has 5 nitrogen and oxygen atoms in total. The molecule has 1 amide bonds. The zero-order chi connectivity index (χ0) is 10.9. The summed E-state index contributed by atoms with van der Waals surface area (Å²) in [5.74, 6) is -0.278. The highest BCUT2D eigenvalue weighted by Crippen LogP contribution is 2.03. The molecule has 5 heteroatoms. The highest BCUT2D eigenvalue weighted by Gasteiger charge is 2.00. The summed E-state index contributed by atoms with van der Waals surface area (Å²) in [6.07, 6.45) is 0.648. The first kappa shape index (κ1) is 11.4. The molecular weight excluding hydrogens is 196 g/mol. The number of carbonyl (C=O) groups is 2. The second-order valence-electron chi connectivity index (χ2n) is 2.72. The molecule has 0 aliphatic carbocycles. The predicted molar refractivity (Wildman–Crippen MR) is 55.1 cm³/mol. The summed E-state index contributed by atoms with van der Waals surface area (Å²) in [6.45, 7) is -0.0681. The van der Waals surface area contributed by atoms with E-state index in [-0.39, 0.29) is 19.1 Å². The van der Waals surface area contributed by atoms with Gasteiger partial charge in [0.2, 0.25) is 0 Å². The summed E-state index contributed by atoms with van der Waals surface area (Å²) in [7, 11) is 0. The lowest BCUT2D eigenvalue weighted by molar-refractivity contribution is -0.124. The van der Waals surface area contributed by atoms with Crippen molar-refractivity contribution in [1.29, 1.82) is 0 Å². The maximum absolute atomic E-state index is 11.2. The van der Waals surface area contributed by atoms with Gasteiger partial charge in [-0.15, -0.1) is 0 Å². The Morgan fingerprint density at radius 1 is 1.33 bits per heavy atom. The zero-order valence-electron chi connectivity index (χ0n) is 8.10. The molecule has 0 aliphatic heterocycles. The summed E-state index contributed by atoms with van der Waals surface area (Å²) in [5, 5.41) is 2.63. The van der Waals surface area contributed by atoms with E-state index < -0.39 is 0 Å². The number of benzene rings is 1. The molecule has 0 aromatic heterocycles. The molecule has 1 rings (SSSR count). The van der Waals surface area contributed by atoms with E-state index in [1.807, 2.05) is 18.2 Å². The molecule has 1 aromatic carbocycles. The quantitative estimate of drug-likeness (QED) is 0.402. The summed E-state index contributed by atoms with van der Waals surface area (Å²) < 4.78 is 0. The standard InChI is InChI=1S/C10H12N2O3/c13-7-6-11-15-8-10(14)12-9-4-2-1-3-5-9/h1-5,7,11H,6,8H2,(H,12,14). The molecule has 0 saturated carbocycles. The predicted octanol–water partition coefficient (Wildman–Crippen LogP) is 0.345. The molecule has 2 N–H and O–H groups in total. The van der Waals surface area contributed by atoms with Crippen LogP contribution in [0, 0.1) is 0 Å². The lowest BCUT2D eigenvalue weighted by Crippen LogP contribution is -2.25. The number of aldehydes is 1. The van der Waals surface area contributed by atoms with Crippen molar-refractivity contribution in [3.8, 4) is 0 Å². The molecule has 0 bridgehead atoms. The monoisotopic (exact) mass is 208 g/mol. The Morgan fingerprint density at radius 2 is 2.07 bits per heavy atom. The van der Waals surface area contributed by atoms with Gasteiger partial charge >= 0.3 is 0 Å². The van der Waals surface area contributed by atoms with Crippen LogP contribution in [0.2, 0.25) is 0 Å². The number of anilines is 1. The molecule has 0 aliphatic rings. The van der Waals surface area contributed by atoms with Crippen LogP contribution >= 0.6 is 0 Å². The third kappa shape index (κ3) is 4.90. The second-order valence-corrected chi connectivity index (χ2v) is 2.72. The van der Waals surface area contributed by atoms with E-state index in [4.69, 9.17) is 4.84 Å². The Morgan fingerprint density at radius 3 is 2.73 bits per heavy atom. The van der Waals surface area contributed by atoms with Gasteiger partial charge in [0.25, 0.3) is 5.91 Å². The Bertz CT molecular complexity index is 314. The normalized spacial score (nSPS) is 9.60. The average Bonchev–Trinajstić information content (AvgIpc) is 2.26. The Balaban J connectivity index is 2.22. The van der Waals surface area contributed by atoms with Gasteiger partial charge in [-0.05, 0) is 12.1 Å². The smallest absolute Gasteiger partial charge is 0.252 e. The van der Waals surface area contributed by atoms with Gasteiger partial charge in [0.15, 0.2) is 0 Å². The average molecular weight is 208 g/mol. The fraction of sp³-hybridized carbons (Fsp3) is 0.200. The third-order valence-electron chi connectivity index (χ3n) is 1.53. The third-order valence-corrected chi connectivity index (χ3v) is 1.53. The molecule has 0 fully saturated rings. The number of hydrogen-bond donors (Lipinski definition) is 2. The minimum Gasteiger partial charge on any atom is -0.324 e. The summed E-state index contributed by atoms with van der Waals surface area (Å²) in [4.78, 5) is 25.8. The number of nitrogens with one attached hydrogen (secondary N) is 2. The van der Waals surface area contributed by atoms with Crippen LogP contribution in [0.1, 0.15) is 0 Å². The first-order valence-electron chi connectivity index (χ1n) is 4.46. The molecule has 15 heavy (non-hydrogen) atoms. The van der Waals surface area contributed by atoms with E-state index in [1.54, 1.807) is 12.1 Å². The van der Waals surface area contributed by atoms with E-state index in [1.165, 1.54) is 0 Å². The van der Waals surface area contributed by atoms with E-state index in [0.29, 0.717) is 12.0 Å². The van der Waals surface area contributed by atoms with Crippen molar-refractivity contribution >= 4 is 17.9 Å². The molecule has 1 aromatic rings. The highest BCUT2D eigenvalue weighted by molar-refractivity contribution is 5.91. The second kappa shape index (κ2) is 6.69. The van der Waals surface area contributed by atoms with Crippen molar-refractivity contribution in [1.82, 2.24) is 5.48 Å². The van der Waals surface area contributed by atoms with Crippen LogP contribution in [0.5, 0.6) is 0 Å². The van der Waals surface area contributed by atoms with Gasteiger partial charge in [-0.25, -0.2) is 0 Å². The van der Waals surface area contributed by atoms with Gasteiger partial charge in [-0.2, -0.15) is 5.48 Å². The first-order chi connectivity index (χ1) is 7.33. The minimum absolute atomic E-state index is 0.0681. The number of hydrogen-bond acceptors (Lipinski definition) is 4. The van der Waals surface area contributed by atoms with E-state index in [0.717, 1.165) is 0 Å². The molecule has 0 unspecified atom stereocenters. The Labute approximate surface area is 87.4 Å². The summed E-state index contributed by atoms with van der Waals surface area (Å²) in [6, 6.07) is 9.05. The lowest BCUT2D eigenvalue weighted by Gasteiger charge is -2.04. The van der Waals surface area contributed by atoms with Crippen LogP contribution < -0.4 is 10.8 Å². The minimum atomic E-state index is -0.278. The van der Waals surface area contributed by atoms with Crippen molar-refractivity contribution in [2.24, 2.45) is 0 Å². The highest BCUT2D eigenvalue weighted by atomic mass is 16.6. The maximum Gasteiger partial charge on any atom is 0.252 e. The van der Waals surface area contributed by atoms with Gasteiger partial charge < -0.3 is 10.1 Å². The molecule has 0 saturated heterocycles. The fourth-order valence-electron chi connectivity index (χ4n) is 0.928. The Kier molecular flexibility index (Phi) is 5.07. The molecule has 80 valence electrons. The van der Waals surface area contributed by atoms with Gasteiger partial charge in [0.1, 0.15) is 12.9 Å². The summed E-state index contributed by atoms with van der Waals surface area (Å²) in [5.41, 5.74) is 3.03. The number of carbonyl (C=O) groups excluding carboxylic acids is 2. The van der Waals surface area contributed by atoms with Crippen LogP contribution in [0.3, 0.4) is 0 Å². The van der Waals surface area contributed by atoms with E-state index >= 15 is 0 Å². The van der Waals surface area contributed by atoms with Gasteiger partial charge in [-0.3, -0.25) is 9.63 Å². The molecule has 0 atom stereocenters. The number of hydroxylamine groups is 1. The molecule has 0 radical (unpaired) electrons. The topological polar surface area (TPSA) is 67.4 Å². The van der Waals surface area contributed by atoms with Crippen molar-refractivity contribution in [3.05, 3.63) is 30.3 Å². The van der Waals surface area contributed by atoms with Crippen LogP contribution in [0.4, 0.5) is 5.69 Å². The van der Waals surface area contributed by atoms with Gasteiger partial charge in [0, 0.05) is 5.69 Å². The van der Waals surface area contributed by atoms with Crippen molar-refractivity contribution in [2.75, 3.05) is 18.5 Å². The molecule has 0 heterocycles.